The van der Waals surface area contributed by atoms with Crippen LogP contribution in [0.3, 0.4) is 0 Å². The third kappa shape index (κ3) is 3.26. The van der Waals surface area contributed by atoms with Gasteiger partial charge in [0.2, 0.25) is 5.69 Å². The Hall–Kier alpha value is -3.28. The zero-order chi connectivity index (χ0) is 18.7. The molecule has 26 heavy (non-hydrogen) atoms. The molecule has 0 aromatic carbocycles. The lowest BCUT2D eigenvalue weighted by molar-refractivity contribution is -0.385. The molecule has 0 radical (unpaired) electrons. The van der Waals surface area contributed by atoms with Gasteiger partial charge in [-0.25, -0.2) is 0 Å². The Morgan fingerprint density at radius 2 is 2.12 bits per heavy atom. The van der Waals surface area contributed by atoms with Crippen LogP contribution >= 0.6 is 0 Å². The molecule has 0 spiro atoms. The first-order chi connectivity index (χ1) is 12.5. The molecule has 1 saturated heterocycles. The zero-order valence-corrected chi connectivity index (χ0v) is 14.0. The molecule has 2 aromatic rings. The van der Waals surface area contributed by atoms with Crippen molar-refractivity contribution < 1.29 is 19.2 Å². The van der Waals surface area contributed by atoms with Crippen molar-refractivity contribution in [2.24, 2.45) is 0 Å². The summed E-state index contributed by atoms with van der Waals surface area (Å²) < 4.78 is 6.71. The summed E-state index contributed by atoms with van der Waals surface area (Å²) in [5.74, 6) is -1.07. The molecule has 2 N–H and O–H groups in total. The number of ether oxygens (including phenoxy) is 1. The fraction of sp³-hybridized carbons (Fsp3) is 0.429. The minimum Gasteiger partial charge on any atom is -0.378 e. The third-order valence-electron chi connectivity index (χ3n) is 3.93. The van der Waals surface area contributed by atoms with Crippen LogP contribution in [0.2, 0.25) is 0 Å². The summed E-state index contributed by atoms with van der Waals surface area (Å²) in [5, 5.41) is 23.4. The van der Waals surface area contributed by atoms with E-state index in [0.29, 0.717) is 32.8 Å². The Bertz CT molecular complexity index is 837. The van der Waals surface area contributed by atoms with E-state index in [0.717, 1.165) is 6.20 Å². The predicted molar refractivity (Wildman–Crippen MR) is 87.8 cm³/mol. The Balaban J connectivity index is 1.87. The van der Waals surface area contributed by atoms with Gasteiger partial charge in [0.05, 0.1) is 30.0 Å². The normalized spacial score (nSPS) is 14.3. The first kappa shape index (κ1) is 17.5. The first-order valence-electron chi connectivity index (χ1n) is 7.94. The summed E-state index contributed by atoms with van der Waals surface area (Å²) in [6.07, 6.45) is 2.29. The molecule has 1 aliphatic heterocycles. The number of rotatable bonds is 5. The Labute approximate surface area is 147 Å². The highest BCUT2D eigenvalue weighted by atomic mass is 16.6. The highest BCUT2D eigenvalue weighted by molar-refractivity contribution is 6.09. The molecule has 3 heterocycles. The molecule has 0 aliphatic carbocycles. The molecule has 0 atom stereocenters. The second-order valence-corrected chi connectivity index (χ2v) is 5.47. The fourth-order valence-electron chi connectivity index (χ4n) is 2.63. The topological polar surface area (TPSA) is 148 Å². The van der Waals surface area contributed by atoms with Crippen LogP contribution in [-0.2, 0) is 11.3 Å². The lowest BCUT2D eigenvalue weighted by Gasteiger charge is -2.27. The quantitative estimate of drug-likeness (QED) is 0.571. The van der Waals surface area contributed by atoms with E-state index < -0.39 is 16.5 Å². The van der Waals surface area contributed by atoms with E-state index >= 15 is 0 Å². The van der Waals surface area contributed by atoms with Crippen LogP contribution in [0.5, 0.6) is 0 Å². The van der Waals surface area contributed by atoms with Crippen molar-refractivity contribution in [1.29, 1.82) is 0 Å². The smallest absolute Gasteiger partial charge is 0.319 e. The average molecular weight is 363 g/mol. The molecule has 1 fully saturated rings. The molecule has 0 bridgehead atoms. The summed E-state index contributed by atoms with van der Waals surface area (Å²) in [6, 6.07) is 0. The van der Waals surface area contributed by atoms with Crippen molar-refractivity contribution in [1.82, 2.24) is 24.9 Å². The van der Waals surface area contributed by atoms with Crippen molar-refractivity contribution in [3.63, 3.8) is 0 Å². The molecule has 3 rings (SSSR count). The predicted octanol–water partition coefficient (Wildman–Crippen LogP) is 0.259. The van der Waals surface area contributed by atoms with Gasteiger partial charge in [0.15, 0.2) is 0 Å². The van der Waals surface area contributed by atoms with Gasteiger partial charge in [0.25, 0.3) is 11.8 Å². The number of carbonyl (C=O) groups excluding carboxylic acids is 2. The molecule has 138 valence electrons. The van der Waals surface area contributed by atoms with Crippen molar-refractivity contribution in [3.8, 4) is 0 Å². The maximum Gasteiger partial charge on any atom is 0.319 e. The highest BCUT2D eigenvalue weighted by Crippen LogP contribution is 2.21. The number of hydrogen-bond donors (Lipinski definition) is 2. The van der Waals surface area contributed by atoms with Crippen molar-refractivity contribution in [3.05, 3.63) is 33.9 Å². The molecule has 12 nitrogen and oxygen atoms in total. The minimum absolute atomic E-state index is 0.178. The number of H-pyrrole nitrogens is 1. The highest BCUT2D eigenvalue weighted by Gasteiger charge is 2.28. The van der Waals surface area contributed by atoms with Crippen LogP contribution in [0.1, 0.15) is 27.9 Å². The Morgan fingerprint density at radius 3 is 2.77 bits per heavy atom. The fourth-order valence-corrected chi connectivity index (χ4v) is 2.63. The van der Waals surface area contributed by atoms with Gasteiger partial charge in [-0.05, 0) is 6.92 Å². The summed E-state index contributed by atoms with van der Waals surface area (Å²) in [5.41, 5.74) is -0.363. The number of nitrogens with one attached hydrogen (secondary N) is 2. The second-order valence-electron chi connectivity index (χ2n) is 5.47. The number of carbonyl (C=O) groups is 2. The van der Waals surface area contributed by atoms with Crippen LogP contribution < -0.4 is 5.32 Å². The average Bonchev–Trinajstić information content (AvgIpc) is 3.28. The Kier molecular flexibility index (Phi) is 4.93. The van der Waals surface area contributed by atoms with Crippen molar-refractivity contribution >= 4 is 23.2 Å². The molecule has 0 saturated carbocycles. The number of nitro groups is 1. The molecular weight excluding hydrogens is 346 g/mol. The van der Waals surface area contributed by atoms with Gasteiger partial charge in [-0.15, -0.1) is 0 Å². The number of amides is 2. The van der Waals surface area contributed by atoms with E-state index in [4.69, 9.17) is 4.74 Å². The number of aryl methyl sites for hydroxylation is 1. The van der Waals surface area contributed by atoms with Crippen molar-refractivity contribution in [2.45, 2.75) is 13.5 Å². The number of hydrogen-bond acceptors (Lipinski definition) is 7. The van der Waals surface area contributed by atoms with Gasteiger partial charge in [-0.2, -0.15) is 10.2 Å². The number of morpholine rings is 1. The first-order valence-corrected chi connectivity index (χ1v) is 7.94. The van der Waals surface area contributed by atoms with Crippen molar-refractivity contribution in [2.75, 3.05) is 31.6 Å². The lowest BCUT2D eigenvalue weighted by Crippen LogP contribution is -2.41. The maximum atomic E-state index is 12.8. The summed E-state index contributed by atoms with van der Waals surface area (Å²) >= 11 is 0. The molecule has 1 aliphatic rings. The van der Waals surface area contributed by atoms with E-state index in [1.54, 1.807) is 4.90 Å². The van der Waals surface area contributed by atoms with E-state index in [1.807, 2.05) is 6.92 Å². The van der Waals surface area contributed by atoms with Gasteiger partial charge in [0, 0.05) is 19.6 Å². The maximum absolute atomic E-state index is 12.8. The SMILES string of the molecule is CCn1ncc(NC(=O)c2[nH]ncc2[N+](=O)[O-])c1C(=O)N1CCOCC1. The summed E-state index contributed by atoms with van der Waals surface area (Å²) in [4.78, 5) is 37.1. The van der Waals surface area contributed by atoms with Gasteiger partial charge in [0.1, 0.15) is 11.9 Å². The number of aromatic nitrogens is 4. The van der Waals surface area contributed by atoms with Gasteiger partial charge >= 0.3 is 5.69 Å². The molecule has 0 unspecified atom stereocenters. The molecule has 2 amide bonds. The van der Waals surface area contributed by atoms with Crippen LogP contribution in [0.25, 0.3) is 0 Å². The number of anilines is 1. The largest absolute Gasteiger partial charge is 0.378 e. The number of aromatic amines is 1. The summed E-state index contributed by atoms with van der Waals surface area (Å²) in [6.45, 7) is 3.99. The third-order valence-corrected chi connectivity index (χ3v) is 3.93. The van der Waals surface area contributed by atoms with Gasteiger partial charge in [-0.3, -0.25) is 29.5 Å². The van der Waals surface area contributed by atoms with Crippen LogP contribution in [-0.4, -0.2) is 67.9 Å². The summed E-state index contributed by atoms with van der Waals surface area (Å²) in [7, 11) is 0. The van der Waals surface area contributed by atoms with Crippen LogP contribution in [0, 0.1) is 10.1 Å². The minimum atomic E-state index is -0.777. The lowest BCUT2D eigenvalue weighted by atomic mass is 10.2. The van der Waals surface area contributed by atoms with E-state index in [1.165, 1.54) is 10.9 Å². The molecule has 2 aromatic heterocycles. The zero-order valence-electron chi connectivity index (χ0n) is 14.0. The van der Waals surface area contributed by atoms with E-state index in [-0.39, 0.29) is 23.0 Å². The molecular formula is C14H17N7O5. The Morgan fingerprint density at radius 1 is 1.38 bits per heavy atom. The van der Waals surface area contributed by atoms with E-state index in [9.17, 15) is 19.7 Å². The van der Waals surface area contributed by atoms with Gasteiger partial charge < -0.3 is 15.0 Å². The van der Waals surface area contributed by atoms with Crippen LogP contribution in [0.4, 0.5) is 11.4 Å². The van der Waals surface area contributed by atoms with Crippen LogP contribution in [0.15, 0.2) is 12.4 Å². The monoisotopic (exact) mass is 363 g/mol. The number of nitrogens with zero attached hydrogens (tertiary/aromatic N) is 5. The standard InChI is InChI=1S/C14H17N7O5/c1-2-20-12(14(23)19-3-5-26-6-4-19)9(7-16-20)17-13(22)11-10(21(24)25)8-15-18-11/h7-8H,2-6H2,1H3,(H,15,18)(H,17,22). The van der Waals surface area contributed by atoms with E-state index in [2.05, 4.69) is 20.6 Å². The van der Waals surface area contributed by atoms with Gasteiger partial charge in [-0.1, -0.05) is 0 Å². The molecule has 12 heteroatoms. The second kappa shape index (κ2) is 7.31.